The molecule has 0 spiro atoms. The summed E-state index contributed by atoms with van der Waals surface area (Å²) in [5.74, 6) is -2.71. The number of alkyl carbamates (subject to hydrolysis) is 2. The first-order valence-corrected chi connectivity index (χ1v) is 15.1. The number of nitro groups is 1. The van der Waals surface area contributed by atoms with Gasteiger partial charge in [-0.05, 0) is 62.3 Å². The van der Waals surface area contributed by atoms with Crippen LogP contribution in [0.4, 0.5) is 9.59 Å². The van der Waals surface area contributed by atoms with E-state index in [2.05, 4.69) is 15.6 Å². The molecule has 3 rings (SSSR count). The van der Waals surface area contributed by atoms with E-state index >= 15 is 0 Å². The van der Waals surface area contributed by atoms with Crippen LogP contribution in [0.15, 0.2) is 53.5 Å². The summed E-state index contributed by atoms with van der Waals surface area (Å²) in [6.07, 6.45) is -2.07. The maximum atomic E-state index is 13.4. The molecule has 0 bridgehead atoms. The molecule has 260 valence electrons. The smallest absolute Gasteiger partial charge is 0.408 e. The molecular formula is C31H41N7O10. The number of fused-ring (bicyclic) bond motifs is 3. The number of ether oxygens (including phenoxy) is 3. The van der Waals surface area contributed by atoms with Crippen LogP contribution in [-0.2, 0) is 23.8 Å². The number of nitrogens with one attached hydrogen (secondary N) is 3. The number of aliphatic imine (C=N–C) groups is 1. The quantitative estimate of drug-likeness (QED) is 0.0285. The average Bonchev–Trinajstić information content (AvgIpc) is 3.34. The van der Waals surface area contributed by atoms with Crippen molar-refractivity contribution < 1.29 is 43.6 Å². The van der Waals surface area contributed by atoms with Gasteiger partial charge in [0, 0.05) is 19.0 Å². The highest BCUT2D eigenvalue weighted by Gasteiger charge is 2.35. The molecule has 17 heteroatoms. The predicted octanol–water partition coefficient (Wildman–Crippen LogP) is 2.44. The van der Waals surface area contributed by atoms with Gasteiger partial charge in [0.2, 0.25) is 0 Å². The van der Waals surface area contributed by atoms with E-state index in [9.17, 15) is 34.5 Å². The maximum Gasteiger partial charge on any atom is 0.408 e. The topological polar surface area (TPSA) is 237 Å². The number of hydrogen-bond acceptors (Lipinski definition) is 11. The van der Waals surface area contributed by atoms with Crippen molar-refractivity contribution >= 4 is 30.0 Å². The molecule has 17 nitrogen and oxygen atoms in total. The molecule has 2 aromatic carbocycles. The number of guanidine groups is 1. The Hall–Kier alpha value is -5.45. The lowest BCUT2D eigenvalue weighted by atomic mass is 9.98. The molecule has 1 aliphatic rings. The fraction of sp³-hybridized carbons (Fsp3) is 0.452. The molecule has 6 N–H and O–H groups in total. The van der Waals surface area contributed by atoms with Gasteiger partial charge in [-0.15, -0.1) is 0 Å². The third-order valence-electron chi connectivity index (χ3n) is 7.15. The number of carbonyl (C=O) groups excluding carboxylic acids is 4. The van der Waals surface area contributed by atoms with E-state index < -0.39 is 52.7 Å². The van der Waals surface area contributed by atoms with E-state index in [0.717, 1.165) is 29.4 Å². The van der Waals surface area contributed by atoms with E-state index in [4.69, 9.17) is 19.9 Å². The Morgan fingerprint density at radius 2 is 1.65 bits per heavy atom. The summed E-state index contributed by atoms with van der Waals surface area (Å²) in [4.78, 5) is 65.3. The number of nitrogens with two attached hydrogens (primary N) is 1. The van der Waals surface area contributed by atoms with Gasteiger partial charge in [0.1, 0.15) is 18.2 Å². The number of methoxy groups -OCH3 is 1. The van der Waals surface area contributed by atoms with Crippen molar-refractivity contribution in [1.29, 1.82) is 0 Å². The molecule has 0 fully saturated rings. The zero-order chi connectivity index (χ0) is 35.4. The number of esters is 1. The lowest BCUT2D eigenvalue weighted by molar-refractivity contribution is -0.525. The van der Waals surface area contributed by atoms with Gasteiger partial charge >= 0.3 is 18.2 Å². The molecule has 0 saturated carbocycles. The van der Waals surface area contributed by atoms with Crippen molar-refractivity contribution in [2.75, 3.05) is 26.8 Å². The molecule has 3 amide bonds. The molecule has 0 saturated heterocycles. The van der Waals surface area contributed by atoms with Crippen LogP contribution in [-0.4, -0.2) is 89.8 Å². The molecule has 48 heavy (non-hydrogen) atoms. The highest BCUT2D eigenvalue weighted by Crippen LogP contribution is 2.44. The van der Waals surface area contributed by atoms with Crippen LogP contribution in [0.2, 0.25) is 0 Å². The third kappa shape index (κ3) is 10.5. The number of hydroxylamine groups is 2. The SMILES string of the molecule is COC(=O)[C@H](CCNC(=O)OCC1c2ccccc2-c2ccccc21)N(O)C(=O)[C@H](CCCN=C(N)N[N+](=O)[O-])NC(=O)OC(C)(C)C. The first kappa shape index (κ1) is 37.0. The first-order chi connectivity index (χ1) is 22.7. The van der Waals surface area contributed by atoms with Gasteiger partial charge in [0.25, 0.3) is 11.9 Å². The number of hydrazine groups is 1. The summed E-state index contributed by atoms with van der Waals surface area (Å²) >= 11 is 0. The number of carbonyl (C=O) groups is 4. The lowest BCUT2D eigenvalue weighted by Gasteiger charge is -2.29. The molecule has 2 atom stereocenters. The predicted molar refractivity (Wildman–Crippen MR) is 171 cm³/mol. The largest absolute Gasteiger partial charge is 0.467 e. The van der Waals surface area contributed by atoms with Crippen molar-refractivity contribution in [3.63, 3.8) is 0 Å². The van der Waals surface area contributed by atoms with E-state index in [1.54, 1.807) is 26.2 Å². The molecule has 0 heterocycles. The molecule has 2 aromatic rings. The second-order valence-corrected chi connectivity index (χ2v) is 11.7. The summed E-state index contributed by atoms with van der Waals surface area (Å²) in [6, 6.07) is 12.7. The van der Waals surface area contributed by atoms with Gasteiger partial charge in [0.15, 0.2) is 11.1 Å². The van der Waals surface area contributed by atoms with E-state index in [1.165, 1.54) is 0 Å². The molecule has 0 aliphatic heterocycles. The first-order valence-electron chi connectivity index (χ1n) is 15.1. The van der Waals surface area contributed by atoms with Crippen LogP contribution in [0, 0.1) is 10.1 Å². The Balaban J connectivity index is 1.61. The minimum absolute atomic E-state index is 0.0563. The Morgan fingerprint density at radius 1 is 1.04 bits per heavy atom. The maximum absolute atomic E-state index is 13.4. The van der Waals surface area contributed by atoms with E-state index in [1.807, 2.05) is 48.5 Å². The minimum Gasteiger partial charge on any atom is -0.467 e. The van der Waals surface area contributed by atoms with Crippen LogP contribution < -0.4 is 21.8 Å². The monoisotopic (exact) mass is 671 g/mol. The van der Waals surface area contributed by atoms with Crippen molar-refractivity contribution in [3.05, 3.63) is 69.8 Å². The Labute approximate surface area is 276 Å². The molecule has 0 aromatic heterocycles. The van der Waals surface area contributed by atoms with Crippen molar-refractivity contribution in [2.45, 2.75) is 63.6 Å². The van der Waals surface area contributed by atoms with Crippen molar-refractivity contribution in [3.8, 4) is 11.1 Å². The molecule has 0 unspecified atom stereocenters. The number of amides is 3. The van der Waals surface area contributed by atoms with Crippen LogP contribution >= 0.6 is 0 Å². The number of benzene rings is 2. The van der Waals surface area contributed by atoms with E-state index in [-0.39, 0.29) is 49.9 Å². The van der Waals surface area contributed by atoms with Crippen molar-refractivity contribution in [2.24, 2.45) is 10.7 Å². The summed E-state index contributed by atoms with van der Waals surface area (Å²) < 4.78 is 15.5. The van der Waals surface area contributed by atoms with E-state index in [0.29, 0.717) is 0 Å². The lowest BCUT2D eigenvalue weighted by Crippen LogP contribution is -2.54. The highest BCUT2D eigenvalue weighted by atomic mass is 16.7. The van der Waals surface area contributed by atoms with Crippen molar-refractivity contribution in [1.82, 2.24) is 21.1 Å². The summed E-state index contributed by atoms with van der Waals surface area (Å²) in [5.41, 5.74) is 10.4. The number of nitrogens with zero attached hydrogens (tertiary/aromatic N) is 3. The minimum atomic E-state index is -1.57. The van der Waals surface area contributed by atoms with Crippen LogP contribution in [0.1, 0.15) is 57.1 Å². The molecule has 1 aliphatic carbocycles. The van der Waals surface area contributed by atoms with Gasteiger partial charge in [-0.3, -0.25) is 10.0 Å². The number of rotatable bonds is 14. The Kier molecular flexibility index (Phi) is 13.0. The standard InChI is InChI=1S/C31H41N7O10/c1-31(2,3)48-30(42)35-24(14-9-16-33-28(32)36-38(44)45)26(39)37(43)25(27(40)46-4)15-17-34-29(41)47-18-23-21-12-7-5-10-19(21)20-11-6-8-13-22(20)23/h5-8,10-13,23-25,43H,9,14-18H2,1-4H3,(H,34,41)(H,35,42)(H3,32,33,36)/t24-,25-/m0/s1. The fourth-order valence-corrected chi connectivity index (χ4v) is 5.08. The van der Waals surface area contributed by atoms with Gasteiger partial charge in [0.05, 0.1) is 7.11 Å². The second kappa shape index (κ2) is 16.9. The normalized spacial score (nSPS) is 13.6. The van der Waals surface area contributed by atoms with Gasteiger partial charge in [-0.25, -0.2) is 34.6 Å². The summed E-state index contributed by atoms with van der Waals surface area (Å²) in [5, 5.41) is 25.5. The van der Waals surface area contributed by atoms with Gasteiger partial charge in [-0.2, -0.15) is 0 Å². The second-order valence-electron chi connectivity index (χ2n) is 11.7. The highest BCUT2D eigenvalue weighted by molar-refractivity contribution is 5.89. The third-order valence-corrected chi connectivity index (χ3v) is 7.15. The van der Waals surface area contributed by atoms with Crippen LogP contribution in [0.3, 0.4) is 0 Å². The summed E-state index contributed by atoms with van der Waals surface area (Å²) in [6.45, 7) is 4.61. The molecular weight excluding hydrogens is 630 g/mol. The fourth-order valence-electron chi connectivity index (χ4n) is 5.08. The molecule has 0 radical (unpaired) electrons. The average molecular weight is 672 g/mol. The summed E-state index contributed by atoms with van der Waals surface area (Å²) in [7, 11) is 1.06. The zero-order valence-corrected chi connectivity index (χ0v) is 27.1. The van der Waals surface area contributed by atoms with Crippen LogP contribution in [0.25, 0.3) is 11.1 Å². The van der Waals surface area contributed by atoms with Crippen LogP contribution in [0.5, 0.6) is 0 Å². The number of hydrogen-bond donors (Lipinski definition) is 5. The van der Waals surface area contributed by atoms with Gasteiger partial charge < -0.3 is 30.6 Å². The Morgan fingerprint density at radius 3 is 2.21 bits per heavy atom. The zero-order valence-electron chi connectivity index (χ0n) is 27.1. The Bertz CT molecular complexity index is 1460. The van der Waals surface area contributed by atoms with Gasteiger partial charge in [-0.1, -0.05) is 54.0 Å².